The molecule has 0 aromatic heterocycles. The van der Waals surface area contributed by atoms with Gasteiger partial charge in [-0.1, -0.05) is 24.3 Å². The molecule has 0 amide bonds. The van der Waals surface area contributed by atoms with Gasteiger partial charge in [0.15, 0.2) is 0 Å². The molecule has 2 rings (SSSR count). The highest BCUT2D eigenvalue weighted by atomic mass is 16.5. The van der Waals surface area contributed by atoms with E-state index in [1.807, 2.05) is 36.4 Å². The summed E-state index contributed by atoms with van der Waals surface area (Å²) >= 11 is 0. The largest absolute Gasteiger partial charge is 0.490 e. The third-order valence-corrected chi connectivity index (χ3v) is 3.00. The molecule has 2 aromatic carbocycles. The molecule has 2 N–H and O–H groups in total. The van der Waals surface area contributed by atoms with Crippen molar-refractivity contribution in [3.63, 3.8) is 0 Å². The Kier molecular flexibility index (Phi) is 5.02. The Bertz CT molecular complexity index is 546. The van der Waals surface area contributed by atoms with E-state index < -0.39 is 0 Å². The average molecular weight is 271 g/mol. The van der Waals surface area contributed by atoms with Crippen molar-refractivity contribution in [2.75, 3.05) is 13.2 Å². The summed E-state index contributed by atoms with van der Waals surface area (Å²) in [6, 6.07) is 14.0. The van der Waals surface area contributed by atoms with Crippen LogP contribution < -0.4 is 15.2 Å². The highest BCUT2D eigenvalue weighted by Crippen LogP contribution is 2.18. The lowest BCUT2D eigenvalue weighted by Gasteiger charge is -2.11. The summed E-state index contributed by atoms with van der Waals surface area (Å²) in [4.78, 5) is 0. The van der Waals surface area contributed by atoms with Gasteiger partial charge in [-0.05, 0) is 43.2 Å². The summed E-state index contributed by atoms with van der Waals surface area (Å²) in [6.45, 7) is 5.63. The molecule has 0 atom stereocenters. The molecule has 106 valence electrons. The van der Waals surface area contributed by atoms with Crippen LogP contribution in [0.5, 0.6) is 11.5 Å². The maximum absolute atomic E-state index is 5.71. The Hall–Kier alpha value is -2.00. The lowest BCUT2D eigenvalue weighted by molar-refractivity contribution is 0.216. The van der Waals surface area contributed by atoms with Gasteiger partial charge in [0.2, 0.25) is 0 Å². The van der Waals surface area contributed by atoms with Crippen molar-refractivity contribution in [1.29, 1.82) is 0 Å². The zero-order valence-corrected chi connectivity index (χ0v) is 12.1. The SMILES string of the molecule is Cc1cc(C)cc(OCCOc2ccccc2CN)c1. The second-order valence-electron chi connectivity index (χ2n) is 4.83. The Labute approximate surface area is 120 Å². The molecular weight excluding hydrogens is 250 g/mol. The summed E-state index contributed by atoms with van der Waals surface area (Å²) in [5.41, 5.74) is 9.09. The van der Waals surface area contributed by atoms with Crippen LogP contribution in [0.15, 0.2) is 42.5 Å². The van der Waals surface area contributed by atoms with E-state index in [2.05, 4.69) is 19.9 Å². The van der Waals surface area contributed by atoms with Crippen LogP contribution >= 0.6 is 0 Å². The summed E-state index contributed by atoms with van der Waals surface area (Å²) in [5, 5.41) is 0. The topological polar surface area (TPSA) is 44.5 Å². The van der Waals surface area contributed by atoms with Gasteiger partial charge in [-0.2, -0.15) is 0 Å². The molecule has 0 unspecified atom stereocenters. The molecule has 0 bridgehead atoms. The van der Waals surface area contributed by atoms with Crippen molar-refractivity contribution in [3.8, 4) is 11.5 Å². The van der Waals surface area contributed by atoms with Crippen molar-refractivity contribution in [1.82, 2.24) is 0 Å². The normalized spacial score (nSPS) is 10.3. The molecule has 3 nitrogen and oxygen atoms in total. The number of hydrogen-bond acceptors (Lipinski definition) is 3. The van der Waals surface area contributed by atoms with Gasteiger partial charge in [0.1, 0.15) is 24.7 Å². The molecule has 2 aromatic rings. The number of nitrogens with two attached hydrogens (primary N) is 1. The minimum absolute atomic E-state index is 0.480. The first-order valence-corrected chi connectivity index (χ1v) is 6.81. The number of ether oxygens (including phenoxy) is 2. The number of hydrogen-bond donors (Lipinski definition) is 1. The van der Waals surface area contributed by atoms with Crippen molar-refractivity contribution < 1.29 is 9.47 Å². The van der Waals surface area contributed by atoms with E-state index in [1.54, 1.807) is 0 Å². The molecule has 0 aliphatic heterocycles. The third kappa shape index (κ3) is 4.00. The van der Waals surface area contributed by atoms with Gasteiger partial charge in [0.25, 0.3) is 0 Å². The van der Waals surface area contributed by atoms with E-state index >= 15 is 0 Å². The monoisotopic (exact) mass is 271 g/mol. The third-order valence-electron chi connectivity index (χ3n) is 3.00. The minimum Gasteiger partial charge on any atom is -0.490 e. The second-order valence-corrected chi connectivity index (χ2v) is 4.83. The lowest BCUT2D eigenvalue weighted by Crippen LogP contribution is -2.11. The molecule has 0 heterocycles. The van der Waals surface area contributed by atoms with E-state index in [0.29, 0.717) is 19.8 Å². The van der Waals surface area contributed by atoms with Gasteiger partial charge in [-0.3, -0.25) is 0 Å². The summed E-state index contributed by atoms with van der Waals surface area (Å²) in [5.74, 6) is 1.72. The number of aryl methyl sites for hydroxylation is 2. The predicted octanol–water partition coefficient (Wildman–Crippen LogP) is 3.22. The summed E-state index contributed by atoms with van der Waals surface area (Å²) in [7, 11) is 0. The molecular formula is C17H21NO2. The molecule has 0 saturated carbocycles. The van der Waals surface area contributed by atoms with E-state index in [1.165, 1.54) is 11.1 Å². The average Bonchev–Trinajstić information content (AvgIpc) is 2.43. The van der Waals surface area contributed by atoms with Crippen molar-refractivity contribution in [2.24, 2.45) is 5.73 Å². The molecule has 3 heteroatoms. The lowest BCUT2D eigenvalue weighted by atomic mass is 10.1. The number of para-hydroxylation sites is 1. The molecule has 0 spiro atoms. The zero-order chi connectivity index (χ0) is 14.4. The van der Waals surface area contributed by atoms with Crippen LogP contribution in [0.2, 0.25) is 0 Å². The maximum atomic E-state index is 5.71. The van der Waals surface area contributed by atoms with E-state index in [4.69, 9.17) is 15.2 Å². The van der Waals surface area contributed by atoms with Gasteiger partial charge in [0, 0.05) is 12.1 Å². The van der Waals surface area contributed by atoms with Crippen LogP contribution in [-0.2, 0) is 6.54 Å². The number of rotatable bonds is 6. The Morgan fingerprint density at radius 1 is 0.900 bits per heavy atom. The minimum atomic E-state index is 0.480. The summed E-state index contributed by atoms with van der Waals surface area (Å²) < 4.78 is 11.4. The van der Waals surface area contributed by atoms with Crippen molar-refractivity contribution >= 4 is 0 Å². The molecule has 0 radical (unpaired) electrons. The van der Waals surface area contributed by atoms with Crippen LogP contribution in [0, 0.1) is 13.8 Å². The number of benzene rings is 2. The Balaban J connectivity index is 1.84. The van der Waals surface area contributed by atoms with Crippen molar-refractivity contribution in [3.05, 3.63) is 59.2 Å². The second kappa shape index (κ2) is 6.96. The molecule has 0 aliphatic rings. The highest BCUT2D eigenvalue weighted by Gasteiger charge is 2.01. The molecule has 0 aliphatic carbocycles. The van der Waals surface area contributed by atoms with Crippen LogP contribution in [0.1, 0.15) is 16.7 Å². The fourth-order valence-electron chi connectivity index (χ4n) is 2.14. The smallest absolute Gasteiger partial charge is 0.123 e. The van der Waals surface area contributed by atoms with E-state index in [-0.39, 0.29) is 0 Å². The first-order valence-electron chi connectivity index (χ1n) is 6.81. The van der Waals surface area contributed by atoms with Gasteiger partial charge >= 0.3 is 0 Å². The molecule has 20 heavy (non-hydrogen) atoms. The van der Waals surface area contributed by atoms with E-state index in [9.17, 15) is 0 Å². The standard InChI is InChI=1S/C17H21NO2/c1-13-9-14(2)11-16(10-13)19-7-8-20-17-6-4-3-5-15(17)12-18/h3-6,9-11H,7-8,12,18H2,1-2H3. The Morgan fingerprint density at radius 3 is 2.25 bits per heavy atom. The van der Waals surface area contributed by atoms with E-state index in [0.717, 1.165) is 17.1 Å². The van der Waals surface area contributed by atoms with Gasteiger partial charge in [-0.15, -0.1) is 0 Å². The fourth-order valence-corrected chi connectivity index (χ4v) is 2.14. The van der Waals surface area contributed by atoms with Crippen LogP contribution in [-0.4, -0.2) is 13.2 Å². The molecule has 0 saturated heterocycles. The molecule has 0 fully saturated rings. The predicted molar refractivity (Wildman–Crippen MR) is 81.2 cm³/mol. The van der Waals surface area contributed by atoms with Gasteiger partial charge < -0.3 is 15.2 Å². The quantitative estimate of drug-likeness (QED) is 0.820. The van der Waals surface area contributed by atoms with Crippen LogP contribution in [0.3, 0.4) is 0 Å². The highest BCUT2D eigenvalue weighted by molar-refractivity contribution is 5.34. The fraction of sp³-hybridized carbons (Fsp3) is 0.294. The van der Waals surface area contributed by atoms with Crippen LogP contribution in [0.4, 0.5) is 0 Å². The van der Waals surface area contributed by atoms with Gasteiger partial charge in [-0.25, -0.2) is 0 Å². The van der Waals surface area contributed by atoms with Crippen molar-refractivity contribution in [2.45, 2.75) is 20.4 Å². The summed E-state index contributed by atoms with van der Waals surface area (Å²) in [6.07, 6.45) is 0. The first kappa shape index (κ1) is 14.4. The van der Waals surface area contributed by atoms with Crippen LogP contribution in [0.25, 0.3) is 0 Å². The first-order chi connectivity index (χ1) is 9.69. The zero-order valence-electron chi connectivity index (χ0n) is 12.1. The van der Waals surface area contributed by atoms with Gasteiger partial charge in [0.05, 0.1) is 0 Å². The maximum Gasteiger partial charge on any atom is 0.123 e. The Morgan fingerprint density at radius 2 is 1.55 bits per heavy atom.